The molecule has 3 N–H and O–H groups in total. The summed E-state index contributed by atoms with van der Waals surface area (Å²) in [5, 5.41) is 17.9. The number of nitrogens with zero attached hydrogens (tertiary/aromatic N) is 2. The van der Waals surface area contributed by atoms with E-state index in [-0.39, 0.29) is 5.69 Å². The van der Waals surface area contributed by atoms with Gasteiger partial charge in [-0.05, 0) is 12.5 Å². The molecule has 0 aliphatic carbocycles. The van der Waals surface area contributed by atoms with Gasteiger partial charge in [-0.1, -0.05) is 24.9 Å². The van der Waals surface area contributed by atoms with Crippen molar-refractivity contribution in [2.45, 2.75) is 19.8 Å². The van der Waals surface area contributed by atoms with Crippen LogP contribution in [0.25, 0.3) is 11.3 Å². The minimum Gasteiger partial charge on any atom is -0.382 e. The summed E-state index contributed by atoms with van der Waals surface area (Å²) in [6, 6.07) is 4.42. The van der Waals surface area contributed by atoms with Crippen LogP contribution in [0.5, 0.6) is 0 Å². The highest BCUT2D eigenvalue weighted by atomic mass is 35.5. The first-order valence-electron chi connectivity index (χ1n) is 5.81. The number of nitro benzene ring substituents is 1. The number of benzene rings is 1. The Hall–Kier alpha value is -2.08. The Morgan fingerprint density at radius 2 is 2.21 bits per heavy atom. The summed E-state index contributed by atoms with van der Waals surface area (Å²) < 4.78 is 0. The fourth-order valence-electron chi connectivity index (χ4n) is 1.94. The third-order valence-corrected chi connectivity index (χ3v) is 3.00. The average Bonchev–Trinajstić information content (AvgIpc) is 2.71. The lowest BCUT2D eigenvalue weighted by Gasteiger charge is -2.04. The van der Waals surface area contributed by atoms with Crippen molar-refractivity contribution in [3.63, 3.8) is 0 Å². The molecule has 7 heteroatoms. The molecule has 2 aromatic rings. The number of nitrogens with one attached hydrogen (secondary N) is 1. The standard InChI is InChI=1S/C12H13ClN4O2/c1-2-3-10-11(15-16-12(10)14)7-4-8(13)6-9(5-7)17(18)19/h4-6H,2-3H2,1H3,(H3,14,15,16). The van der Waals surface area contributed by atoms with E-state index >= 15 is 0 Å². The second-order valence-corrected chi connectivity index (χ2v) is 4.60. The molecule has 100 valence electrons. The zero-order valence-corrected chi connectivity index (χ0v) is 11.1. The summed E-state index contributed by atoms with van der Waals surface area (Å²) in [5.41, 5.74) is 7.90. The normalized spacial score (nSPS) is 10.6. The van der Waals surface area contributed by atoms with E-state index in [0.29, 0.717) is 22.1 Å². The van der Waals surface area contributed by atoms with E-state index in [0.717, 1.165) is 18.4 Å². The number of aromatic amines is 1. The van der Waals surface area contributed by atoms with E-state index in [1.54, 1.807) is 6.07 Å². The Kier molecular flexibility index (Phi) is 3.71. The van der Waals surface area contributed by atoms with Crippen molar-refractivity contribution in [2.24, 2.45) is 0 Å². The first kappa shape index (κ1) is 13.4. The Balaban J connectivity index is 2.55. The number of hydrogen-bond acceptors (Lipinski definition) is 4. The van der Waals surface area contributed by atoms with Gasteiger partial charge in [0.2, 0.25) is 0 Å². The first-order valence-corrected chi connectivity index (χ1v) is 6.18. The number of H-pyrrole nitrogens is 1. The molecule has 0 atom stereocenters. The zero-order valence-electron chi connectivity index (χ0n) is 10.3. The van der Waals surface area contributed by atoms with Crippen LogP contribution in [-0.2, 0) is 6.42 Å². The van der Waals surface area contributed by atoms with E-state index < -0.39 is 4.92 Å². The number of aromatic nitrogens is 2. The number of halogens is 1. The van der Waals surface area contributed by atoms with Crippen LogP contribution < -0.4 is 5.73 Å². The molecule has 1 heterocycles. The highest BCUT2D eigenvalue weighted by molar-refractivity contribution is 6.31. The van der Waals surface area contributed by atoms with Crippen molar-refractivity contribution in [3.8, 4) is 11.3 Å². The van der Waals surface area contributed by atoms with Gasteiger partial charge in [0.05, 0.1) is 10.6 Å². The zero-order chi connectivity index (χ0) is 14.0. The van der Waals surface area contributed by atoms with Crippen molar-refractivity contribution in [2.75, 3.05) is 5.73 Å². The van der Waals surface area contributed by atoms with Gasteiger partial charge in [-0.3, -0.25) is 15.2 Å². The molecule has 0 bridgehead atoms. The molecule has 6 nitrogen and oxygen atoms in total. The number of hydrogen-bond donors (Lipinski definition) is 2. The number of nitro groups is 1. The largest absolute Gasteiger partial charge is 0.382 e. The van der Waals surface area contributed by atoms with Crippen molar-refractivity contribution < 1.29 is 4.92 Å². The molecule has 0 aliphatic heterocycles. The molecule has 1 aromatic heterocycles. The fourth-order valence-corrected chi connectivity index (χ4v) is 2.17. The molecule has 0 radical (unpaired) electrons. The predicted molar refractivity (Wildman–Crippen MR) is 74.1 cm³/mol. The molecule has 1 aromatic carbocycles. The smallest absolute Gasteiger partial charge is 0.271 e. The van der Waals surface area contributed by atoms with Crippen LogP contribution in [0, 0.1) is 10.1 Å². The van der Waals surface area contributed by atoms with Gasteiger partial charge < -0.3 is 5.73 Å². The molecular formula is C12H13ClN4O2. The molecule has 0 saturated carbocycles. The van der Waals surface area contributed by atoms with Gasteiger partial charge in [-0.15, -0.1) is 0 Å². The number of non-ortho nitro benzene ring substituents is 1. The maximum atomic E-state index is 10.8. The van der Waals surface area contributed by atoms with E-state index in [2.05, 4.69) is 10.2 Å². The van der Waals surface area contributed by atoms with E-state index in [9.17, 15) is 10.1 Å². The van der Waals surface area contributed by atoms with Crippen LogP contribution in [0.2, 0.25) is 5.02 Å². The average molecular weight is 281 g/mol. The van der Waals surface area contributed by atoms with Crippen molar-refractivity contribution in [1.82, 2.24) is 10.2 Å². The van der Waals surface area contributed by atoms with Crippen LogP contribution in [0.15, 0.2) is 18.2 Å². The Bertz CT molecular complexity index is 624. The van der Waals surface area contributed by atoms with Crippen LogP contribution in [-0.4, -0.2) is 15.1 Å². The van der Waals surface area contributed by atoms with Crippen LogP contribution in [0.1, 0.15) is 18.9 Å². The molecule has 0 aliphatic rings. The second kappa shape index (κ2) is 5.27. The van der Waals surface area contributed by atoms with Crippen LogP contribution in [0.3, 0.4) is 0 Å². The van der Waals surface area contributed by atoms with Crippen molar-refractivity contribution in [3.05, 3.63) is 38.9 Å². The lowest BCUT2D eigenvalue weighted by molar-refractivity contribution is -0.384. The summed E-state index contributed by atoms with van der Waals surface area (Å²) in [4.78, 5) is 10.4. The van der Waals surface area contributed by atoms with Gasteiger partial charge in [-0.2, -0.15) is 5.10 Å². The molecule has 0 fully saturated rings. The van der Waals surface area contributed by atoms with Gasteiger partial charge >= 0.3 is 0 Å². The van der Waals surface area contributed by atoms with Gasteiger partial charge in [-0.25, -0.2) is 0 Å². The van der Waals surface area contributed by atoms with Gasteiger partial charge in [0.15, 0.2) is 0 Å². The lowest BCUT2D eigenvalue weighted by atomic mass is 10.0. The highest BCUT2D eigenvalue weighted by Crippen LogP contribution is 2.31. The van der Waals surface area contributed by atoms with E-state index in [1.807, 2.05) is 6.92 Å². The minimum atomic E-state index is -0.478. The molecule has 0 spiro atoms. The summed E-state index contributed by atoms with van der Waals surface area (Å²) >= 11 is 5.91. The van der Waals surface area contributed by atoms with E-state index in [1.165, 1.54) is 12.1 Å². The summed E-state index contributed by atoms with van der Waals surface area (Å²) in [5.74, 6) is 0.416. The SMILES string of the molecule is CCCc1c(N)n[nH]c1-c1cc(Cl)cc([N+](=O)[O-])c1. The van der Waals surface area contributed by atoms with Crippen molar-refractivity contribution in [1.29, 1.82) is 0 Å². The third-order valence-electron chi connectivity index (χ3n) is 2.78. The quantitative estimate of drug-likeness (QED) is 0.664. The third kappa shape index (κ3) is 2.68. The van der Waals surface area contributed by atoms with Crippen LogP contribution >= 0.6 is 11.6 Å². The topological polar surface area (TPSA) is 97.8 Å². The fraction of sp³-hybridized carbons (Fsp3) is 0.250. The maximum Gasteiger partial charge on any atom is 0.271 e. The minimum absolute atomic E-state index is 0.0573. The lowest BCUT2D eigenvalue weighted by Crippen LogP contribution is -1.94. The van der Waals surface area contributed by atoms with E-state index in [4.69, 9.17) is 17.3 Å². The maximum absolute atomic E-state index is 10.8. The summed E-state index contributed by atoms with van der Waals surface area (Å²) in [7, 11) is 0. The predicted octanol–water partition coefficient (Wildman–Crippen LogP) is 3.17. The molecule has 0 unspecified atom stereocenters. The molecule has 2 rings (SSSR count). The van der Waals surface area contributed by atoms with Gasteiger partial charge in [0, 0.05) is 28.3 Å². The molecular weight excluding hydrogens is 268 g/mol. The Labute approximate surface area is 114 Å². The van der Waals surface area contributed by atoms with Crippen LogP contribution in [0.4, 0.5) is 11.5 Å². The monoisotopic (exact) mass is 280 g/mol. The van der Waals surface area contributed by atoms with Gasteiger partial charge in [0.1, 0.15) is 5.82 Å². The number of nitrogen functional groups attached to an aromatic ring is 1. The number of nitrogens with two attached hydrogens (primary N) is 1. The molecule has 19 heavy (non-hydrogen) atoms. The Morgan fingerprint density at radius 1 is 1.47 bits per heavy atom. The number of rotatable bonds is 4. The summed E-state index contributed by atoms with van der Waals surface area (Å²) in [6.45, 7) is 2.02. The molecule has 0 saturated heterocycles. The van der Waals surface area contributed by atoms with Gasteiger partial charge in [0.25, 0.3) is 5.69 Å². The Morgan fingerprint density at radius 3 is 2.84 bits per heavy atom. The summed E-state index contributed by atoms with van der Waals surface area (Å²) in [6.07, 6.45) is 1.65. The highest BCUT2D eigenvalue weighted by Gasteiger charge is 2.16. The second-order valence-electron chi connectivity index (χ2n) is 4.17. The number of anilines is 1. The molecule has 0 amide bonds. The first-order chi connectivity index (χ1) is 9.02. The van der Waals surface area contributed by atoms with Crippen molar-refractivity contribution >= 4 is 23.1 Å².